The first-order chi connectivity index (χ1) is 11.0. The van der Waals surface area contributed by atoms with Crippen LogP contribution in [0.5, 0.6) is 0 Å². The molecule has 4 nitrogen and oxygen atoms in total. The topological polar surface area (TPSA) is 45.2 Å². The van der Waals surface area contributed by atoms with E-state index in [1.807, 2.05) is 30.7 Å². The van der Waals surface area contributed by atoms with E-state index in [4.69, 9.17) is 0 Å². The van der Waals surface area contributed by atoms with E-state index in [9.17, 15) is 9.18 Å². The smallest absolute Gasteiger partial charge is 0.261 e. The van der Waals surface area contributed by atoms with Gasteiger partial charge in [-0.3, -0.25) is 9.69 Å². The van der Waals surface area contributed by atoms with Crippen LogP contribution in [0.4, 0.5) is 4.39 Å². The lowest BCUT2D eigenvalue weighted by atomic mass is 10.2. The number of amides is 1. The maximum Gasteiger partial charge on any atom is 0.261 e. The lowest BCUT2D eigenvalue weighted by Crippen LogP contribution is -2.39. The molecule has 124 valence electrons. The average Bonchev–Trinajstić information content (AvgIpc) is 3.18. The molecule has 1 aliphatic heterocycles. The van der Waals surface area contributed by atoms with Gasteiger partial charge in [0, 0.05) is 31.1 Å². The number of hydrogen-bond donors (Lipinski definition) is 1. The second kappa shape index (κ2) is 7.07. The van der Waals surface area contributed by atoms with Crippen LogP contribution in [0.3, 0.4) is 0 Å². The molecule has 1 aliphatic rings. The van der Waals surface area contributed by atoms with Crippen LogP contribution in [0.2, 0.25) is 0 Å². The monoisotopic (exact) mass is 353 g/mol. The van der Waals surface area contributed by atoms with Gasteiger partial charge >= 0.3 is 0 Å². The zero-order valence-corrected chi connectivity index (χ0v) is 14.8. The van der Waals surface area contributed by atoms with Gasteiger partial charge in [-0.25, -0.2) is 9.37 Å². The minimum atomic E-state index is -0.833. The van der Waals surface area contributed by atoms with E-state index in [2.05, 4.69) is 15.2 Å². The van der Waals surface area contributed by atoms with Crippen molar-refractivity contribution in [1.82, 2.24) is 15.2 Å². The number of carbonyl (C=O) groups is 1. The van der Waals surface area contributed by atoms with Crippen molar-refractivity contribution in [3.05, 3.63) is 38.0 Å². The molecule has 3 heterocycles. The molecule has 1 saturated heterocycles. The van der Waals surface area contributed by atoms with Crippen LogP contribution in [-0.4, -0.2) is 41.1 Å². The molecule has 2 aromatic rings. The molecule has 3 rings (SSSR count). The van der Waals surface area contributed by atoms with Crippen molar-refractivity contribution < 1.29 is 9.18 Å². The van der Waals surface area contributed by atoms with Crippen molar-refractivity contribution in [1.29, 1.82) is 0 Å². The number of likely N-dealkylation sites (tertiary alicyclic amines) is 1. The third-order valence-electron chi connectivity index (χ3n) is 4.08. The fourth-order valence-corrected chi connectivity index (χ4v) is 4.36. The van der Waals surface area contributed by atoms with Crippen molar-refractivity contribution in [3.63, 3.8) is 0 Å². The maximum atomic E-state index is 13.8. The van der Waals surface area contributed by atoms with Gasteiger partial charge < -0.3 is 5.32 Å². The molecule has 0 aromatic carbocycles. The van der Waals surface area contributed by atoms with E-state index in [0.29, 0.717) is 26.1 Å². The number of thiazole rings is 1. The number of thiophene rings is 1. The van der Waals surface area contributed by atoms with E-state index in [0.717, 1.165) is 21.1 Å². The number of rotatable bonds is 5. The zero-order valence-electron chi connectivity index (χ0n) is 13.2. The summed E-state index contributed by atoms with van der Waals surface area (Å²) in [5, 5.41) is 7.91. The van der Waals surface area contributed by atoms with Crippen LogP contribution in [-0.2, 0) is 6.54 Å². The van der Waals surface area contributed by atoms with E-state index in [-0.39, 0.29) is 11.9 Å². The molecule has 1 N–H and O–H groups in total. The summed E-state index contributed by atoms with van der Waals surface area (Å²) in [5.41, 5.74) is 1.96. The number of nitrogens with one attached hydrogen (secondary N) is 1. The minimum Gasteiger partial charge on any atom is -0.350 e. The highest BCUT2D eigenvalue weighted by Crippen LogP contribution is 2.23. The molecular weight excluding hydrogens is 333 g/mol. The van der Waals surface area contributed by atoms with Crippen LogP contribution in [0.1, 0.15) is 32.4 Å². The fraction of sp³-hybridized carbons (Fsp3) is 0.500. The first kappa shape index (κ1) is 16.5. The standard InChI is InChI=1S/C16H20FN3OS2/c1-10-3-4-22-15(10)16(21)18-6-14-5-12(17)7-20(14)8-13-9-23-11(2)19-13/h3-4,9,12,14H,5-8H2,1-2H3,(H,18,21)/t12-,14-/m0/s1. The summed E-state index contributed by atoms with van der Waals surface area (Å²) in [4.78, 5) is 19.5. The number of nitrogens with zero attached hydrogens (tertiary/aromatic N) is 2. The Labute approximate surface area is 143 Å². The van der Waals surface area contributed by atoms with Crippen molar-refractivity contribution >= 4 is 28.6 Å². The molecule has 0 aliphatic carbocycles. The third kappa shape index (κ3) is 3.97. The molecule has 0 unspecified atom stereocenters. The summed E-state index contributed by atoms with van der Waals surface area (Å²) in [6.45, 7) is 5.42. The zero-order chi connectivity index (χ0) is 16.4. The second-order valence-corrected chi connectivity index (χ2v) is 7.90. The molecule has 2 aromatic heterocycles. The number of halogens is 1. The highest BCUT2D eigenvalue weighted by atomic mass is 32.1. The van der Waals surface area contributed by atoms with Gasteiger partial charge in [0.2, 0.25) is 0 Å². The summed E-state index contributed by atoms with van der Waals surface area (Å²) in [6, 6.07) is 1.96. The van der Waals surface area contributed by atoms with Gasteiger partial charge in [0.15, 0.2) is 0 Å². The summed E-state index contributed by atoms with van der Waals surface area (Å²) < 4.78 is 13.8. The Kier molecular flexibility index (Phi) is 5.08. The normalized spacial score (nSPS) is 21.7. The SMILES string of the molecule is Cc1nc(CN2C[C@@H](F)C[C@H]2CNC(=O)c2sccc2C)cs1. The van der Waals surface area contributed by atoms with Crippen molar-refractivity contribution in [3.8, 4) is 0 Å². The van der Waals surface area contributed by atoms with Gasteiger partial charge in [-0.2, -0.15) is 0 Å². The molecule has 23 heavy (non-hydrogen) atoms. The maximum absolute atomic E-state index is 13.8. The Morgan fingerprint density at radius 1 is 1.48 bits per heavy atom. The highest BCUT2D eigenvalue weighted by Gasteiger charge is 2.32. The van der Waals surface area contributed by atoms with Crippen LogP contribution in [0.15, 0.2) is 16.8 Å². The van der Waals surface area contributed by atoms with Gasteiger partial charge in [-0.1, -0.05) is 0 Å². The van der Waals surface area contributed by atoms with Crippen LogP contribution >= 0.6 is 22.7 Å². The number of aryl methyl sites for hydroxylation is 2. The summed E-state index contributed by atoms with van der Waals surface area (Å²) >= 11 is 3.05. The summed E-state index contributed by atoms with van der Waals surface area (Å²) in [7, 11) is 0. The molecule has 0 saturated carbocycles. The fourth-order valence-electron chi connectivity index (χ4n) is 2.91. The number of carbonyl (C=O) groups excluding carboxylic acids is 1. The Morgan fingerprint density at radius 2 is 2.30 bits per heavy atom. The van der Waals surface area contributed by atoms with Crippen LogP contribution in [0, 0.1) is 13.8 Å². The Balaban J connectivity index is 1.59. The Bertz CT molecular complexity index is 684. The van der Waals surface area contributed by atoms with E-state index < -0.39 is 6.17 Å². The minimum absolute atomic E-state index is 0.0243. The Morgan fingerprint density at radius 3 is 2.96 bits per heavy atom. The predicted molar refractivity (Wildman–Crippen MR) is 92.0 cm³/mol. The average molecular weight is 353 g/mol. The molecule has 7 heteroatoms. The number of aromatic nitrogens is 1. The van der Waals surface area contributed by atoms with Crippen LogP contribution in [0.25, 0.3) is 0 Å². The largest absolute Gasteiger partial charge is 0.350 e. The molecule has 1 fully saturated rings. The van der Waals surface area contributed by atoms with Gasteiger partial charge in [0.25, 0.3) is 5.91 Å². The Hall–Kier alpha value is -1.31. The predicted octanol–water partition coefficient (Wildman–Crippen LogP) is 3.16. The highest BCUT2D eigenvalue weighted by molar-refractivity contribution is 7.12. The van der Waals surface area contributed by atoms with Crippen molar-refractivity contribution in [2.24, 2.45) is 0 Å². The quantitative estimate of drug-likeness (QED) is 0.898. The lowest BCUT2D eigenvalue weighted by molar-refractivity contribution is 0.0943. The van der Waals surface area contributed by atoms with Crippen molar-refractivity contribution in [2.75, 3.05) is 13.1 Å². The first-order valence-electron chi connectivity index (χ1n) is 7.64. The van der Waals surface area contributed by atoms with Gasteiger partial charge in [0.05, 0.1) is 15.6 Å². The van der Waals surface area contributed by atoms with Gasteiger partial charge in [-0.15, -0.1) is 22.7 Å². The lowest BCUT2D eigenvalue weighted by Gasteiger charge is -2.23. The second-order valence-electron chi connectivity index (χ2n) is 5.92. The summed E-state index contributed by atoms with van der Waals surface area (Å²) in [6.07, 6.45) is -0.368. The van der Waals surface area contributed by atoms with E-state index in [1.54, 1.807) is 11.3 Å². The molecule has 0 bridgehead atoms. The molecule has 0 radical (unpaired) electrons. The van der Waals surface area contributed by atoms with Crippen molar-refractivity contribution in [2.45, 2.75) is 39.0 Å². The van der Waals surface area contributed by atoms with Crippen LogP contribution < -0.4 is 5.32 Å². The van der Waals surface area contributed by atoms with E-state index in [1.165, 1.54) is 11.3 Å². The number of hydrogen-bond acceptors (Lipinski definition) is 5. The van der Waals surface area contributed by atoms with Gasteiger partial charge in [0.1, 0.15) is 6.17 Å². The van der Waals surface area contributed by atoms with E-state index >= 15 is 0 Å². The third-order valence-corrected chi connectivity index (χ3v) is 5.91. The summed E-state index contributed by atoms with van der Waals surface area (Å²) in [5.74, 6) is -0.0655. The molecule has 0 spiro atoms. The molecule has 1 amide bonds. The molecular formula is C16H20FN3OS2. The first-order valence-corrected chi connectivity index (χ1v) is 9.40. The molecule has 2 atom stereocenters. The number of alkyl halides is 1. The van der Waals surface area contributed by atoms with Gasteiger partial charge in [-0.05, 0) is 37.3 Å².